The molecule has 4 aromatic rings. The minimum absolute atomic E-state index is 0.0888. The summed E-state index contributed by atoms with van der Waals surface area (Å²) in [7, 11) is 1.33. The van der Waals surface area contributed by atoms with Crippen molar-refractivity contribution in [2.75, 3.05) is 13.7 Å². The molecular formula is C22H18N2O4S. The smallest absolute Gasteiger partial charge is 0.337 e. The maximum absolute atomic E-state index is 12.8. The van der Waals surface area contributed by atoms with Crippen molar-refractivity contribution in [3.8, 4) is 16.2 Å². The SMILES string of the molecule is COC(=O)c1cccc(OCCn2cnc3cc(-c4ccccc4)sc3c2=O)c1. The highest BCUT2D eigenvalue weighted by Gasteiger charge is 2.11. The van der Waals surface area contributed by atoms with Gasteiger partial charge in [0.15, 0.2) is 0 Å². The van der Waals surface area contributed by atoms with Crippen LogP contribution in [0.25, 0.3) is 20.7 Å². The van der Waals surface area contributed by atoms with Crippen LogP contribution in [0.2, 0.25) is 0 Å². The lowest BCUT2D eigenvalue weighted by Gasteiger charge is -2.09. The van der Waals surface area contributed by atoms with Gasteiger partial charge in [0.25, 0.3) is 5.56 Å². The highest BCUT2D eigenvalue weighted by Crippen LogP contribution is 2.30. The van der Waals surface area contributed by atoms with Gasteiger partial charge in [-0.25, -0.2) is 9.78 Å². The second kappa shape index (κ2) is 8.28. The Hall–Kier alpha value is -3.45. The van der Waals surface area contributed by atoms with E-state index in [9.17, 15) is 9.59 Å². The predicted molar refractivity (Wildman–Crippen MR) is 113 cm³/mol. The number of hydrogen-bond acceptors (Lipinski definition) is 6. The van der Waals surface area contributed by atoms with Gasteiger partial charge in [0, 0.05) is 4.88 Å². The van der Waals surface area contributed by atoms with Crippen LogP contribution in [0, 0.1) is 0 Å². The maximum atomic E-state index is 12.8. The van der Waals surface area contributed by atoms with Crippen molar-refractivity contribution < 1.29 is 14.3 Å². The molecule has 29 heavy (non-hydrogen) atoms. The van der Waals surface area contributed by atoms with Crippen LogP contribution in [0.5, 0.6) is 5.75 Å². The molecular weight excluding hydrogens is 388 g/mol. The monoisotopic (exact) mass is 406 g/mol. The Balaban J connectivity index is 1.50. The number of thiophene rings is 1. The van der Waals surface area contributed by atoms with Crippen molar-refractivity contribution in [3.05, 3.63) is 82.9 Å². The first-order valence-corrected chi connectivity index (χ1v) is 9.83. The van der Waals surface area contributed by atoms with E-state index in [1.165, 1.54) is 23.0 Å². The van der Waals surface area contributed by atoms with E-state index in [1.54, 1.807) is 30.6 Å². The Morgan fingerprint density at radius 2 is 1.93 bits per heavy atom. The van der Waals surface area contributed by atoms with Gasteiger partial charge in [-0.3, -0.25) is 9.36 Å². The van der Waals surface area contributed by atoms with E-state index < -0.39 is 5.97 Å². The van der Waals surface area contributed by atoms with Crippen LogP contribution < -0.4 is 10.3 Å². The van der Waals surface area contributed by atoms with Crippen molar-refractivity contribution in [1.29, 1.82) is 0 Å². The van der Waals surface area contributed by atoms with Crippen molar-refractivity contribution in [2.24, 2.45) is 0 Å². The highest BCUT2D eigenvalue weighted by molar-refractivity contribution is 7.22. The van der Waals surface area contributed by atoms with E-state index in [1.807, 2.05) is 36.4 Å². The second-order valence-electron chi connectivity index (χ2n) is 6.30. The topological polar surface area (TPSA) is 70.4 Å². The molecule has 0 fully saturated rings. The number of methoxy groups -OCH3 is 1. The van der Waals surface area contributed by atoms with Gasteiger partial charge in [-0.05, 0) is 29.8 Å². The summed E-state index contributed by atoms with van der Waals surface area (Å²) in [5.74, 6) is 0.116. The maximum Gasteiger partial charge on any atom is 0.337 e. The zero-order chi connectivity index (χ0) is 20.2. The first-order chi connectivity index (χ1) is 14.2. The molecule has 0 aliphatic heterocycles. The van der Waals surface area contributed by atoms with Gasteiger partial charge in [0.1, 0.15) is 17.1 Å². The molecule has 0 aliphatic rings. The molecule has 2 heterocycles. The molecule has 0 atom stereocenters. The third kappa shape index (κ3) is 4.05. The fraction of sp³-hybridized carbons (Fsp3) is 0.136. The molecule has 0 amide bonds. The number of aromatic nitrogens is 2. The third-order valence-electron chi connectivity index (χ3n) is 4.42. The number of esters is 1. The van der Waals surface area contributed by atoms with E-state index in [0.29, 0.717) is 28.1 Å². The van der Waals surface area contributed by atoms with Crippen molar-refractivity contribution in [1.82, 2.24) is 9.55 Å². The molecule has 0 aliphatic carbocycles. The molecule has 0 N–H and O–H groups in total. The van der Waals surface area contributed by atoms with Crippen LogP contribution in [0.4, 0.5) is 0 Å². The molecule has 146 valence electrons. The molecule has 0 unspecified atom stereocenters. The van der Waals surface area contributed by atoms with Crippen LogP contribution in [0.1, 0.15) is 10.4 Å². The summed E-state index contributed by atoms with van der Waals surface area (Å²) in [5, 5.41) is 0. The normalized spacial score (nSPS) is 10.8. The minimum Gasteiger partial charge on any atom is -0.492 e. The fourth-order valence-electron chi connectivity index (χ4n) is 2.94. The second-order valence-corrected chi connectivity index (χ2v) is 7.35. The third-order valence-corrected chi connectivity index (χ3v) is 5.58. The van der Waals surface area contributed by atoms with Crippen molar-refractivity contribution in [3.63, 3.8) is 0 Å². The van der Waals surface area contributed by atoms with Gasteiger partial charge in [-0.15, -0.1) is 11.3 Å². The number of rotatable bonds is 6. The van der Waals surface area contributed by atoms with Gasteiger partial charge < -0.3 is 9.47 Å². The number of nitrogens with zero attached hydrogens (tertiary/aromatic N) is 2. The lowest BCUT2D eigenvalue weighted by atomic mass is 10.2. The zero-order valence-corrected chi connectivity index (χ0v) is 16.5. The van der Waals surface area contributed by atoms with Gasteiger partial charge in [-0.1, -0.05) is 36.4 Å². The fourth-order valence-corrected chi connectivity index (χ4v) is 4.01. The summed E-state index contributed by atoms with van der Waals surface area (Å²) < 4.78 is 12.6. The quantitative estimate of drug-likeness (QED) is 0.453. The van der Waals surface area contributed by atoms with E-state index in [2.05, 4.69) is 4.98 Å². The minimum atomic E-state index is -0.423. The van der Waals surface area contributed by atoms with E-state index >= 15 is 0 Å². The van der Waals surface area contributed by atoms with Crippen molar-refractivity contribution >= 4 is 27.5 Å². The summed E-state index contributed by atoms with van der Waals surface area (Å²) in [5.41, 5.74) is 2.09. The Bertz CT molecular complexity index is 1210. The summed E-state index contributed by atoms with van der Waals surface area (Å²) in [4.78, 5) is 29.9. The van der Waals surface area contributed by atoms with Crippen molar-refractivity contribution in [2.45, 2.75) is 6.54 Å². The van der Waals surface area contributed by atoms with Crippen LogP contribution in [-0.4, -0.2) is 29.2 Å². The first-order valence-electron chi connectivity index (χ1n) is 9.01. The average molecular weight is 406 g/mol. The highest BCUT2D eigenvalue weighted by atomic mass is 32.1. The summed E-state index contributed by atoms with van der Waals surface area (Å²) in [6.45, 7) is 0.622. The Labute approximate surface area is 171 Å². The molecule has 6 nitrogen and oxygen atoms in total. The first kappa shape index (κ1) is 18.9. The van der Waals surface area contributed by atoms with Gasteiger partial charge in [-0.2, -0.15) is 0 Å². The number of benzene rings is 2. The number of ether oxygens (including phenoxy) is 2. The Kier molecular flexibility index (Phi) is 5.39. The average Bonchev–Trinajstić information content (AvgIpc) is 3.21. The lowest BCUT2D eigenvalue weighted by Crippen LogP contribution is -2.22. The Morgan fingerprint density at radius 3 is 2.72 bits per heavy atom. The molecule has 0 radical (unpaired) electrons. The van der Waals surface area contributed by atoms with Gasteiger partial charge in [0.2, 0.25) is 0 Å². The number of fused-ring (bicyclic) bond motifs is 1. The molecule has 0 spiro atoms. The predicted octanol–water partition coefficient (Wildman–Crippen LogP) is 3.99. The summed E-state index contributed by atoms with van der Waals surface area (Å²) in [6, 6.07) is 18.6. The van der Waals surface area contributed by atoms with Crippen LogP contribution in [-0.2, 0) is 11.3 Å². The largest absolute Gasteiger partial charge is 0.492 e. The van der Waals surface area contributed by atoms with E-state index in [0.717, 1.165) is 10.4 Å². The molecule has 4 rings (SSSR count). The van der Waals surface area contributed by atoms with E-state index in [-0.39, 0.29) is 12.2 Å². The van der Waals surface area contributed by atoms with Crippen LogP contribution in [0.3, 0.4) is 0 Å². The molecule has 0 bridgehead atoms. The standard InChI is InChI=1S/C22H18N2O4S/c1-27-22(26)16-8-5-9-17(12-16)28-11-10-24-14-23-18-13-19(29-20(18)21(24)25)15-6-3-2-4-7-15/h2-9,12-14H,10-11H2,1H3. The van der Waals surface area contributed by atoms with Gasteiger partial charge >= 0.3 is 5.97 Å². The summed E-state index contributed by atoms with van der Waals surface area (Å²) >= 11 is 1.44. The molecule has 0 saturated carbocycles. The zero-order valence-electron chi connectivity index (χ0n) is 15.7. The van der Waals surface area contributed by atoms with Gasteiger partial charge in [0.05, 0.1) is 31.1 Å². The Morgan fingerprint density at radius 1 is 1.10 bits per heavy atom. The number of carbonyl (C=O) groups is 1. The molecule has 7 heteroatoms. The molecule has 2 aromatic carbocycles. The number of carbonyl (C=O) groups excluding carboxylic acids is 1. The molecule has 2 aromatic heterocycles. The van der Waals surface area contributed by atoms with Crippen LogP contribution in [0.15, 0.2) is 71.8 Å². The van der Waals surface area contributed by atoms with Crippen LogP contribution >= 0.6 is 11.3 Å². The lowest BCUT2D eigenvalue weighted by molar-refractivity contribution is 0.0600. The molecule has 0 saturated heterocycles. The number of hydrogen-bond donors (Lipinski definition) is 0. The van der Waals surface area contributed by atoms with E-state index in [4.69, 9.17) is 9.47 Å². The summed E-state index contributed by atoms with van der Waals surface area (Å²) in [6.07, 6.45) is 1.54.